The summed E-state index contributed by atoms with van der Waals surface area (Å²) in [6, 6.07) is 4.71. The van der Waals surface area contributed by atoms with Gasteiger partial charge >= 0.3 is 0 Å². The van der Waals surface area contributed by atoms with Crippen molar-refractivity contribution in [2.24, 2.45) is 5.73 Å². The number of nitrogens with zero attached hydrogens (tertiary/aromatic N) is 1. The third kappa shape index (κ3) is 4.06. The maximum Gasteiger partial charge on any atom is 0.251 e. The molecule has 7 nitrogen and oxygen atoms in total. The van der Waals surface area contributed by atoms with E-state index in [4.69, 9.17) is 10.5 Å². The summed E-state index contributed by atoms with van der Waals surface area (Å²) in [5, 5.41) is 2.96. The largest absolute Gasteiger partial charge is 0.495 e. The van der Waals surface area contributed by atoms with Crippen molar-refractivity contribution in [1.82, 2.24) is 9.62 Å². The zero-order chi connectivity index (χ0) is 17.9. The standard InChI is InChI=1S/C16H25N3O4S/c1-19(2)24(21,22)15-10-11(4-9-14(15)23-3)16(20)18-13-7-5-12(17)6-8-13/h4,9-10,12-13H,5-8,17H2,1-3H3,(H,18,20). The Morgan fingerprint density at radius 1 is 1.25 bits per heavy atom. The lowest BCUT2D eigenvalue weighted by Crippen LogP contribution is -2.40. The van der Waals surface area contributed by atoms with Gasteiger partial charge in [-0.2, -0.15) is 0 Å². The van der Waals surface area contributed by atoms with Gasteiger partial charge in [0.25, 0.3) is 5.91 Å². The van der Waals surface area contributed by atoms with Crippen LogP contribution in [0.1, 0.15) is 36.0 Å². The molecule has 3 N–H and O–H groups in total. The number of sulfonamides is 1. The molecule has 1 saturated carbocycles. The molecular formula is C16H25N3O4S. The molecule has 0 radical (unpaired) electrons. The van der Waals surface area contributed by atoms with Crippen LogP contribution in [0.2, 0.25) is 0 Å². The molecule has 0 heterocycles. The summed E-state index contributed by atoms with van der Waals surface area (Å²) < 4.78 is 31.0. The van der Waals surface area contributed by atoms with Crippen LogP contribution in [0.5, 0.6) is 5.75 Å². The van der Waals surface area contributed by atoms with Gasteiger partial charge in [0.15, 0.2) is 0 Å². The van der Waals surface area contributed by atoms with E-state index in [0.29, 0.717) is 5.56 Å². The molecule has 0 bridgehead atoms. The quantitative estimate of drug-likeness (QED) is 0.819. The molecule has 0 spiro atoms. The predicted molar refractivity (Wildman–Crippen MR) is 91.6 cm³/mol. The van der Waals surface area contributed by atoms with E-state index in [2.05, 4.69) is 5.32 Å². The minimum absolute atomic E-state index is 0.0201. The zero-order valence-electron chi connectivity index (χ0n) is 14.3. The van der Waals surface area contributed by atoms with Gasteiger partial charge < -0.3 is 15.8 Å². The number of carbonyl (C=O) groups excluding carboxylic acids is 1. The molecule has 134 valence electrons. The fourth-order valence-corrected chi connectivity index (χ4v) is 3.82. The van der Waals surface area contributed by atoms with Gasteiger partial charge in [-0.05, 0) is 43.9 Å². The molecule has 0 aliphatic heterocycles. The second-order valence-electron chi connectivity index (χ2n) is 6.24. The van der Waals surface area contributed by atoms with Crippen LogP contribution in [0.3, 0.4) is 0 Å². The van der Waals surface area contributed by atoms with Crippen molar-refractivity contribution in [1.29, 1.82) is 0 Å². The van der Waals surface area contributed by atoms with Gasteiger partial charge in [-0.1, -0.05) is 0 Å². The number of carbonyl (C=O) groups is 1. The van der Waals surface area contributed by atoms with Crippen LogP contribution < -0.4 is 15.8 Å². The van der Waals surface area contributed by atoms with Crippen LogP contribution in [0.25, 0.3) is 0 Å². The summed E-state index contributed by atoms with van der Waals surface area (Å²) in [4.78, 5) is 12.4. The Labute approximate surface area is 143 Å². The molecule has 1 aliphatic rings. The molecule has 0 saturated heterocycles. The number of rotatable bonds is 5. The molecule has 0 aromatic heterocycles. The number of hydrogen-bond acceptors (Lipinski definition) is 5. The average Bonchev–Trinajstić information content (AvgIpc) is 2.56. The predicted octanol–water partition coefficient (Wildman–Crippen LogP) is 0.945. The smallest absolute Gasteiger partial charge is 0.251 e. The first-order valence-electron chi connectivity index (χ1n) is 7.92. The van der Waals surface area contributed by atoms with Crippen molar-refractivity contribution in [2.45, 2.75) is 42.7 Å². The Bertz CT molecular complexity index is 695. The van der Waals surface area contributed by atoms with Gasteiger partial charge in [0.1, 0.15) is 10.6 Å². The van der Waals surface area contributed by atoms with E-state index in [9.17, 15) is 13.2 Å². The number of amides is 1. The molecule has 1 aliphatic carbocycles. The van der Waals surface area contributed by atoms with Crippen molar-refractivity contribution >= 4 is 15.9 Å². The van der Waals surface area contributed by atoms with E-state index in [1.165, 1.54) is 33.3 Å². The second kappa shape index (κ2) is 7.50. The van der Waals surface area contributed by atoms with Crippen LogP contribution in [0.4, 0.5) is 0 Å². The normalized spacial score (nSPS) is 21.5. The molecule has 1 aromatic carbocycles. The maximum absolute atomic E-state index is 12.5. The fraction of sp³-hybridized carbons (Fsp3) is 0.562. The van der Waals surface area contributed by atoms with Crippen molar-refractivity contribution in [3.05, 3.63) is 23.8 Å². The van der Waals surface area contributed by atoms with Crippen molar-refractivity contribution in [3.8, 4) is 5.75 Å². The second-order valence-corrected chi connectivity index (χ2v) is 8.36. The molecule has 0 unspecified atom stereocenters. The molecular weight excluding hydrogens is 330 g/mol. The summed E-state index contributed by atoms with van der Waals surface area (Å²) >= 11 is 0. The monoisotopic (exact) mass is 355 g/mol. The minimum atomic E-state index is -3.70. The summed E-state index contributed by atoms with van der Waals surface area (Å²) in [7, 11) is 0.568. The lowest BCUT2D eigenvalue weighted by Gasteiger charge is -2.27. The van der Waals surface area contributed by atoms with E-state index >= 15 is 0 Å². The third-order valence-electron chi connectivity index (χ3n) is 4.29. The highest BCUT2D eigenvalue weighted by molar-refractivity contribution is 7.89. The maximum atomic E-state index is 12.5. The van der Waals surface area contributed by atoms with E-state index in [1.807, 2.05) is 0 Å². The number of hydrogen-bond donors (Lipinski definition) is 2. The summed E-state index contributed by atoms with van der Waals surface area (Å²) in [6.07, 6.45) is 3.44. The average molecular weight is 355 g/mol. The SMILES string of the molecule is COc1ccc(C(=O)NC2CCC(N)CC2)cc1S(=O)(=O)N(C)C. The third-order valence-corrected chi connectivity index (χ3v) is 6.13. The summed E-state index contributed by atoms with van der Waals surface area (Å²) in [5.74, 6) is -0.0720. The Morgan fingerprint density at radius 2 is 1.88 bits per heavy atom. The number of nitrogens with two attached hydrogens (primary N) is 1. The van der Waals surface area contributed by atoms with Gasteiger partial charge in [0, 0.05) is 31.7 Å². The van der Waals surface area contributed by atoms with E-state index < -0.39 is 10.0 Å². The van der Waals surface area contributed by atoms with Crippen LogP contribution in [-0.2, 0) is 10.0 Å². The fourth-order valence-electron chi connectivity index (χ4n) is 2.75. The van der Waals surface area contributed by atoms with E-state index in [-0.39, 0.29) is 28.6 Å². The first-order valence-corrected chi connectivity index (χ1v) is 9.36. The van der Waals surface area contributed by atoms with Gasteiger partial charge in [0.2, 0.25) is 10.0 Å². The van der Waals surface area contributed by atoms with Crippen molar-refractivity contribution in [3.63, 3.8) is 0 Å². The molecule has 24 heavy (non-hydrogen) atoms. The molecule has 2 rings (SSSR count). The van der Waals surface area contributed by atoms with E-state index in [0.717, 1.165) is 30.0 Å². The number of methoxy groups -OCH3 is 1. The first kappa shape index (κ1) is 18.7. The van der Waals surface area contributed by atoms with E-state index in [1.54, 1.807) is 6.07 Å². The lowest BCUT2D eigenvalue weighted by atomic mass is 9.91. The van der Waals surface area contributed by atoms with Gasteiger partial charge in [-0.15, -0.1) is 0 Å². The highest BCUT2D eigenvalue weighted by Crippen LogP contribution is 2.27. The number of ether oxygens (including phenoxy) is 1. The highest BCUT2D eigenvalue weighted by Gasteiger charge is 2.25. The Balaban J connectivity index is 2.23. The van der Waals surface area contributed by atoms with Crippen molar-refractivity contribution in [2.75, 3.05) is 21.2 Å². The molecule has 1 aromatic rings. The minimum Gasteiger partial charge on any atom is -0.495 e. The molecule has 1 fully saturated rings. The Hall–Kier alpha value is -1.64. The Morgan fingerprint density at radius 3 is 2.42 bits per heavy atom. The number of nitrogens with one attached hydrogen (secondary N) is 1. The van der Waals surface area contributed by atoms with Crippen LogP contribution in [0.15, 0.2) is 23.1 Å². The van der Waals surface area contributed by atoms with Gasteiger partial charge in [-0.25, -0.2) is 12.7 Å². The highest BCUT2D eigenvalue weighted by atomic mass is 32.2. The molecule has 8 heteroatoms. The van der Waals surface area contributed by atoms with Gasteiger partial charge in [0.05, 0.1) is 7.11 Å². The first-order chi connectivity index (χ1) is 11.3. The van der Waals surface area contributed by atoms with Crippen LogP contribution in [0, 0.1) is 0 Å². The Kier molecular flexibility index (Phi) is 5.84. The zero-order valence-corrected chi connectivity index (χ0v) is 15.1. The van der Waals surface area contributed by atoms with Gasteiger partial charge in [-0.3, -0.25) is 4.79 Å². The lowest BCUT2D eigenvalue weighted by molar-refractivity contribution is 0.0925. The summed E-state index contributed by atoms with van der Waals surface area (Å²) in [5.41, 5.74) is 6.17. The molecule has 0 atom stereocenters. The number of benzene rings is 1. The summed E-state index contributed by atoms with van der Waals surface area (Å²) in [6.45, 7) is 0. The molecule has 1 amide bonds. The van der Waals surface area contributed by atoms with Crippen LogP contribution in [-0.4, -0.2) is 51.9 Å². The topological polar surface area (TPSA) is 102 Å². The van der Waals surface area contributed by atoms with Crippen molar-refractivity contribution < 1.29 is 17.9 Å². The van der Waals surface area contributed by atoms with Crippen LogP contribution >= 0.6 is 0 Å².